The van der Waals surface area contributed by atoms with Crippen molar-refractivity contribution >= 4 is 0 Å². The molecule has 0 fully saturated rings. The molecule has 0 spiro atoms. The Hall–Kier alpha value is -0.710. The summed E-state index contributed by atoms with van der Waals surface area (Å²) in [6.45, 7) is 7.96. The molecule has 6 nitrogen and oxygen atoms in total. The van der Waals surface area contributed by atoms with Crippen molar-refractivity contribution in [3.63, 3.8) is 0 Å². The molecule has 0 saturated carbocycles. The Kier molecular flexibility index (Phi) is 12.8. The number of ether oxygens (including phenoxy) is 4. The van der Waals surface area contributed by atoms with Crippen LogP contribution in [-0.2, 0) is 18.9 Å². The highest BCUT2D eigenvalue weighted by molar-refractivity contribution is 5.00. The zero-order valence-corrected chi connectivity index (χ0v) is 12.7. The van der Waals surface area contributed by atoms with Gasteiger partial charge in [0, 0.05) is 6.61 Å². The number of nitrogens with two attached hydrogens (primary N) is 1. The zero-order valence-electron chi connectivity index (χ0n) is 12.7. The minimum absolute atomic E-state index is 0.207. The van der Waals surface area contributed by atoms with Crippen molar-refractivity contribution < 1.29 is 18.9 Å². The molecule has 0 saturated heterocycles. The molecule has 6 heteroatoms. The van der Waals surface area contributed by atoms with Gasteiger partial charge in [-0.25, -0.2) is 0 Å². The topological polar surface area (TPSA) is 86.7 Å². The molecule has 1 atom stereocenters. The SMILES string of the molecule is CCCCOCCOCCOCCOCC(C)(N)C#N. The summed E-state index contributed by atoms with van der Waals surface area (Å²) in [5.41, 5.74) is 4.67. The molecule has 0 rings (SSSR count). The van der Waals surface area contributed by atoms with Crippen LogP contribution in [0.5, 0.6) is 0 Å². The molecule has 0 radical (unpaired) electrons. The van der Waals surface area contributed by atoms with Gasteiger partial charge in [0.15, 0.2) is 0 Å². The van der Waals surface area contributed by atoms with Crippen molar-refractivity contribution in [3.8, 4) is 6.07 Å². The summed E-state index contributed by atoms with van der Waals surface area (Å²) in [6, 6.07) is 1.96. The summed E-state index contributed by atoms with van der Waals surface area (Å²) >= 11 is 0. The second-order valence-corrected chi connectivity index (χ2v) is 4.77. The van der Waals surface area contributed by atoms with E-state index in [1.807, 2.05) is 6.07 Å². The molecule has 0 amide bonds. The second kappa shape index (κ2) is 13.3. The number of nitrogens with zero attached hydrogens (tertiary/aromatic N) is 1. The summed E-state index contributed by atoms with van der Waals surface area (Å²) in [4.78, 5) is 0. The van der Waals surface area contributed by atoms with E-state index in [2.05, 4.69) is 6.92 Å². The van der Waals surface area contributed by atoms with Crippen molar-refractivity contribution in [1.29, 1.82) is 5.26 Å². The van der Waals surface area contributed by atoms with Crippen molar-refractivity contribution in [3.05, 3.63) is 0 Å². The third-order valence-corrected chi connectivity index (χ3v) is 2.42. The molecule has 2 N–H and O–H groups in total. The Morgan fingerprint density at radius 1 is 0.900 bits per heavy atom. The Morgan fingerprint density at radius 2 is 1.35 bits per heavy atom. The summed E-state index contributed by atoms with van der Waals surface area (Å²) in [5.74, 6) is 0. The van der Waals surface area contributed by atoms with Crippen LogP contribution >= 0.6 is 0 Å². The van der Waals surface area contributed by atoms with Crippen molar-refractivity contribution in [1.82, 2.24) is 0 Å². The van der Waals surface area contributed by atoms with E-state index in [1.54, 1.807) is 6.92 Å². The summed E-state index contributed by atoms with van der Waals surface area (Å²) in [7, 11) is 0. The van der Waals surface area contributed by atoms with E-state index in [0.717, 1.165) is 19.4 Å². The lowest BCUT2D eigenvalue weighted by atomic mass is 10.1. The van der Waals surface area contributed by atoms with Crippen LogP contribution in [0.25, 0.3) is 0 Å². The van der Waals surface area contributed by atoms with Gasteiger partial charge in [-0.05, 0) is 13.3 Å². The second-order valence-electron chi connectivity index (χ2n) is 4.77. The maximum Gasteiger partial charge on any atom is 0.124 e. The van der Waals surface area contributed by atoms with E-state index >= 15 is 0 Å². The highest BCUT2D eigenvalue weighted by Gasteiger charge is 2.16. The van der Waals surface area contributed by atoms with Crippen molar-refractivity contribution in [2.45, 2.75) is 32.2 Å². The van der Waals surface area contributed by atoms with E-state index in [1.165, 1.54) is 0 Å². The number of nitriles is 1. The highest BCUT2D eigenvalue weighted by atomic mass is 16.6. The minimum Gasteiger partial charge on any atom is -0.379 e. The maximum atomic E-state index is 8.67. The summed E-state index contributed by atoms with van der Waals surface area (Å²) in [5, 5.41) is 8.67. The van der Waals surface area contributed by atoms with Gasteiger partial charge in [-0.3, -0.25) is 0 Å². The lowest BCUT2D eigenvalue weighted by Crippen LogP contribution is -2.39. The van der Waals surface area contributed by atoms with E-state index in [-0.39, 0.29) is 6.61 Å². The zero-order chi connectivity index (χ0) is 15.1. The van der Waals surface area contributed by atoms with Crippen molar-refractivity contribution in [2.24, 2.45) is 5.73 Å². The monoisotopic (exact) mass is 288 g/mol. The average molecular weight is 288 g/mol. The fourth-order valence-corrected chi connectivity index (χ4v) is 1.22. The fraction of sp³-hybridized carbons (Fsp3) is 0.929. The first kappa shape index (κ1) is 19.3. The van der Waals surface area contributed by atoms with E-state index in [0.29, 0.717) is 39.6 Å². The van der Waals surface area contributed by atoms with E-state index in [9.17, 15) is 0 Å². The Bertz CT molecular complexity index is 254. The average Bonchev–Trinajstić information content (AvgIpc) is 2.44. The van der Waals surface area contributed by atoms with Gasteiger partial charge in [-0.15, -0.1) is 0 Å². The number of hydrogen-bond acceptors (Lipinski definition) is 6. The molecule has 0 aliphatic carbocycles. The molecule has 0 aliphatic heterocycles. The minimum atomic E-state index is -0.930. The van der Waals surface area contributed by atoms with Crippen LogP contribution in [0.15, 0.2) is 0 Å². The van der Waals surface area contributed by atoms with Gasteiger partial charge in [-0.1, -0.05) is 13.3 Å². The third-order valence-electron chi connectivity index (χ3n) is 2.42. The normalized spacial score (nSPS) is 13.9. The first-order chi connectivity index (χ1) is 9.62. The Labute approximate surface area is 122 Å². The third kappa shape index (κ3) is 13.7. The van der Waals surface area contributed by atoms with Crippen LogP contribution in [0.1, 0.15) is 26.7 Å². The van der Waals surface area contributed by atoms with Crippen LogP contribution in [0.2, 0.25) is 0 Å². The summed E-state index contributed by atoms with van der Waals surface area (Å²) < 4.78 is 21.2. The lowest BCUT2D eigenvalue weighted by molar-refractivity contribution is -0.00492. The summed E-state index contributed by atoms with van der Waals surface area (Å²) in [6.07, 6.45) is 2.24. The van der Waals surface area contributed by atoms with E-state index in [4.69, 9.17) is 29.9 Å². The van der Waals surface area contributed by atoms with Crippen LogP contribution in [0, 0.1) is 11.3 Å². The van der Waals surface area contributed by atoms with Gasteiger partial charge in [0.25, 0.3) is 0 Å². The van der Waals surface area contributed by atoms with Crippen LogP contribution in [0.4, 0.5) is 0 Å². The predicted octanol–water partition coefficient (Wildman–Crippen LogP) is 1.09. The molecule has 118 valence electrons. The van der Waals surface area contributed by atoms with Crippen LogP contribution in [-0.4, -0.2) is 58.4 Å². The van der Waals surface area contributed by atoms with Crippen LogP contribution < -0.4 is 5.73 Å². The number of rotatable bonds is 14. The maximum absolute atomic E-state index is 8.67. The molecule has 1 unspecified atom stereocenters. The Balaban J connectivity index is 3.09. The van der Waals surface area contributed by atoms with Crippen molar-refractivity contribution in [2.75, 3.05) is 52.9 Å². The molecular weight excluding hydrogens is 260 g/mol. The largest absolute Gasteiger partial charge is 0.379 e. The quantitative estimate of drug-likeness (QED) is 0.482. The number of hydrogen-bond donors (Lipinski definition) is 1. The first-order valence-corrected chi connectivity index (χ1v) is 7.13. The molecule has 0 heterocycles. The Morgan fingerprint density at radius 3 is 1.80 bits per heavy atom. The molecule has 0 aromatic rings. The smallest absolute Gasteiger partial charge is 0.124 e. The molecule has 0 bridgehead atoms. The van der Waals surface area contributed by atoms with Gasteiger partial charge < -0.3 is 24.7 Å². The van der Waals surface area contributed by atoms with Gasteiger partial charge in [0.2, 0.25) is 0 Å². The first-order valence-electron chi connectivity index (χ1n) is 7.13. The standard InChI is InChI=1S/C14H28N2O4/c1-3-4-5-17-6-7-18-8-9-19-10-11-20-13-14(2,16)12-15/h3-11,13,16H2,1-2H3. The van der Waals surface area contributed by atoms with Gasteiger partial charge in [0.1, 0.15) is 5.54 Å². The van der Waals surface area contributed by atoms with Gasteiger partial charge >= 0.3 is 0 Å². The predicted molar refractivity (Wildman–Crippen MR) is 76.4 cm³/mol. The molecular formula is C14H28N2O4. The van der Waals surface area contributed by atoms with E-state index < -0.39 is 5.54 Å². The highest BCUT2D eigenvalue weighted by Crippen LogP contribution is 1.96. The van der Waals surface area contributed by atoms with Gasteiger partial charge in [0.05, 0.1) is 52.3 Å². The molecule has 0 aliphatic rings. The molecule has 20 heavy (non-hydrogen) atoms. The van der Waals surface area contributed by atoms with Crippen LogP contribution in [0.3, 0.4) is 0 Å². The molecule has 0 aromatic carbocycles. The number of unbranched alkanes of at least 4 members (excludes halogenated alkanes) is 1. The molecule has 0 aromatic heterocycles. The lowest BCUT2D eigenvalue weighted by Gasteiger charge is -2.15. The fourth-order valence-electron chi connectivity index (χ4n) is 1.22. The van der Waals surface area contributed by atoms with Gasteiger partial charge in [-0.2, -0.15) is 5.26 Å².